The summed E-state index contributed by atoms with van der Waals surface area (Å²) in [7, 11) is -3.10. The number of carbonyl (C=O) groups is 1. The Balaban J connectivity index is 1.98. The molecule has 0 radical (unpaired) electrons. The second-order valence-electron chi connectivity index (χ2n) is 4.76. The van der Waals surface area contributed by atoms with E-state index >= 15 is 0 Å². The van der Waals surface area contributed by atoms with Crippen molar-refractivity contribution in [1.82, 2.24) is 5.32 Å². The third kappa shape index (κ3) is 4.44. The van der Waals surface area contributed by atoms with Gasteiger partial charge in [0.1, 0.15) is 6.07 Å². The van der Waals surface area contributed by atoms with Gasteiger partial charge >= 0.3 is 0 Å². The van der Waals surface area contributed by atoms with E-state index in [0.29, 0.717) is 17.1 Å². The van der Waals surface area contributed by atoms with Gasteiger partial charge in [-0.15, -0.1) is 0 Å². The smallest absolute Gasteiger partial charge is 0.282 e. The Morgan fingerprint density at radius 1 is 1.36 bits per heavy atom. The van der Waals surface area contributed by atoms with Crippen LogP contribution >= 0.6 is 11.6 Å². The van der Waals surface area contributed by atoms with Crippen molar-refractivity contribution in [1.29, 1.82) is 5.26 Å². The molecule has 1 aromatic carbocycles. The Labute approximate surface area is 132 Å². The zero-order chi connectivity index (χ0) is 16.2. The first-order valence-corrected chi connectivity index (χ1v) is 8.60. The number of nitrogens with zero attached hydrogens (tertiary/aromatic N) is 2. The van der Waals surface area contributed by atoms with Crippen LogP contribution in [-0.4, -0.2) is 37.6 Å². The first-order chi connectivity index (χ1) is 10.4. The zero-order valence-corrected chi connectivity index (χ0v) is 13.0. The summed E-state index contributed by atoms with van der Waals surface area (Å²) >= 11 is 5.74. The molecule has 0 spiro atoms. The standard InChI is InChI=1S/C13H13ClN4O3S/c14-9-1-3-10(4-2-9)17-18-12(7-15)13(19)16-11-5-6-22(20,21)8-11/h1-4,11,17H,5-6,8H2,(H,16,19). The van der Waals surface area contributed by atoms with E-state index in [1.165, 1.54) is 0 Å². The van der Waals surface area contributed by atoms with Crippen LogP contribution in [0.25, 0.3) is 0 Å². The first kappa shape index (κ1) is 16.3. The molecule has 0 aromatic heterocycles. The summed E-state index contributed by atoms with van der Waals surface area (Å²) in [6.45, 7) is 0. The number of anilines is 1. The predicted octanol–water partition coefficient (Wildman–Crippen LogP) is 0.935. The maximum atomic E-state index is 11.9. The molecule has 22 heavy (non-hydrogen) atoms. The van der Waals surface area contributed by atoms with Gasteiger partial charge in [-0.25, -0.2) is 8.42 Å². The number of hydrogen-bond donors (Lipinski definition) is 2. The number of sulfone groups is 1. The van der Waals surface area contributed by atoms with Crippen LogP contribution in [0.4, 0.5) is 5.69 Å². The quantitative estimate of drug-likeness (QED) is 0.625. The van der Waals surface area contributed by atoms with Crippen molar-refractivity contribution >= 4 is 38.7 Å². The van der Waals surface area contributed by atoms with Crippen molar-refractivity contribution in [2.24, 2.45) is 5.10 Å². The largest absolute Gasteiger partial charge is 0.346 e. The fourth-order valence-electron chi connectivity index (χ4n) is 1.93. The van der Waals surface area contributed by atoms with Gasteiger partial charge in [0.15, 0.2) is 9.84 Å². The molecule has 2 N–H and O–H groups in total. The van der Waals surface area contributed by atoms with Crippen molar-refractivity contribution in [3.8, 4) is 6.07 Å². The summed E-state index contributed by atoms with van der Waals surface area (Å²) < 4.78 is 22.7. The molecule has 0 aliphatic carbocycles. The zero-order valence-electron chi connectivity index (χ0n) is 11.4. The molecule has 0 saturated carbocycles. The van der Waals surface area contributed by atoms with Crippen molar-refractivity contribution in [3.63, 3.8) is 0 Å². The average Bonchev–Trinajstić information content (AvgIpc) is 2.80. The topological polar surface area (TPSA) is 111 Å². The SMILES string of the molecule is N#CC(=NNc1ccc(Cl)cc1)C(=O)NC1CCS(=O)(=O)C1. The van der Waals surface area contributed by atoms with E-state index in [9.17, 15) is 13.2 Å². The highest BCUT2D eigenvalue weighted by atomic mass is 35.5. The Hall–Kier alpha value is -2.11. The number of benzene rings is 1. The Kier molecular flexibility index (Phi) is 5.00. The number of rotatable bonds is 4. The summed E-state index contributed by atoms with van der Waals surface area (Å²) in [5.41, 5.74) is 2.76. The van der Waals surface area contributed by atoms with E-state index in [1.807, 2.05) is 0 Å². The summed E-state index contributed by atoms with van der Waals surface area (Å²) in [6.07, 6.45) is 0.345. The van der Waals surface area contributed by atoms with Crippen LogP contribution < -0.4 is 10.7 Å². The fourth-order valence-corrected chi connectivity index (χ4v) is 3.73. The van der Waals surface area contributed by atoms with Gasteiger partial charge in [-0.3, -0.25) is 10.2 Å². The number of hydrogen-bond acceptors (Lipinski definition) is 6. The van der Waals surface area contributed by atoms with E-state index < -0.39 is 21.8 Å². The summed E-state index contributed by atoms with van der Waals surface area (Å²) in [5.74, 6) is -0.770. The Morgan fingerprint density at radius 2 is 2.05 bits per heavy atom. The molecule has 7 nitrogen and oxygen atoms in total. The minimum Gasteiger partial charge on any atom is -0.346 e. The van der Waals surface area contributed by atoms with Gasteiger partial charge in [-0.1, -0.05) is 11.6 Å². The molecule has 9 heteroatoms. The van der Waals surface area contributed by atoms with Gasteiger partial charge < -0.3 is 5.32 Å². The third-order valence-corrected chi connectivity index (χ3v) is 5.05. The normalized spacial score (nSPS) is 20.2. The highest BCUT2D eigenvalue weighted by Gasteiger charge is 2.29. The number of hydrazone groups is 1. The first-order valence-electron chi connectivity index (χ1n) is 6.40. The van der Waals surface area contributed by atoms with Crippen LogP contribution in [0.1, 0.15) is 6.42 Å². The minimum absolute atomic E-state index is 0.0417. The molecule has 1 aliphatic heterocycles. The van der Waals surface area contributed by atoms with Gasteiger partial charge in [0.25, 0.3) is 5.91 Å². The van der Waals surface area contributed by atoms with Crippen molar-refractivity contribution in [2.45, 2.75) is 12.5 Å². The molecule has 1 aromatic rings. The molecule has 1 saturated heterocycles. The second-order valence-corrected chi connectivity index (χ2v) is 7.43. The molecule has 1 aliphatic rings. The van der Waals surface area contributed by atoms with Gasteiger partial charge in [-0.2, -0.15) is 10.4 Å². The molecule has 1 amide bonds. The van der Waals surface area contributed by atoms with Crippen LogP contribution in [0.2, 0.25) is 5.02 Å². The second kappa shape index (κ2) is 6.77. The van der Waals surface area contributed by atoms with Crippen molar-refractivity contribution < 1.29 is 13.2 Å². The fraction of sp³-hybridized carbons (Fsp3) is 0.308. The molecule has 0 bridgehead atoms. The minimum atomic E-state index is -3.10. The Morgan fingerprint density at radius 3 is 2.59 bits per heavy atom. The molecule has 1 heterocycles. The molecular formula is C13H13ClN4O3S. The van der Waals surface area contributed by atoms with E-state index in [1.54, 1.807) is 30.3 Å². The van der Waals surface area contributed by atoms with Crippen LogP contribution in [0.3, 0.4) is 0 Å². The van der Waals surface area contributed by atoms with Crippen molar-refractivity contribution in [2.75, 3.05) is 16.9 Å². The third-order valence-electron chi connectivity index (χ3n) is 3.03. The molecule has 2 rings (SSSR count). The number of nitriles is 1. The van der Waals surface area contributed by atoms with Gasteiger partial charge in [0, 0.05) is 11.1 Å². The van der Waals surface area contributed by atoms with Crippen LogP contribution in [0.15, 0.2) is 29.4 Å². The molecule has 1 fully saturated rings. The average molecular weight is 341 g/mol. The van der Waals surface area contributed by atoms with E-state index in [2.05, 4.69) is 15.8 Å². The lowest BCUT2D eigenvalue weighted by atomic mass is 10.2. The maximum absolute atomic E-state index is 11.9. The van der Waals surface area contributed by atoms with Crippen LogP contribution in [-0.2, 0) is 14.6 Å². The van der Waals surface area contributed by atoms with Gasteiger partial charge in [0.2, 0.25) is 5.71 Å². The molecular weight excluding hydrogens is 328 g/mol. The maximum Gasteiger partial charge on any atom is 0.282 e. The lowest BCUT2D eigenvalue weighted by molar-refractivity contribution is -0.115. The summed E-state index contributed by atoms with van der Waals surface area (Å²) in [4.78, 5) is 11.9. The molecule has 116 valence electrons. The Bertz CT molecular complexity index is 738. The molecule has 1 atom stereocenters. The number of nitrogens with one attached hydrogen (secondary N) is 2. The highest BCUT2D eigenvalue weighted by molar-refractivity contribution is 7.91. The summed E-state index contributed by atoms with van der Waals surface area (Å²) in [5, 5.41) is 15.7. The molecule has 1 unspecified atom stereocenters. The monoisotopic (exact) mass is 340 g/mol. The number of amides is 1. The highest BCUT2D eigenvalue weighted by Crippen LogP contribution is 2.13. The lowest BCUT2D eigenvalue weighted by Crippen LogP contribution is -2.39. The van der Waals surface area contributed by atoms with Crippen molar-refractivity contribution in [3.05, 3.63) is 29.3 Å². The van der Waals surface area contributed by atoms with E-state index in [-0.39, 0.29) is 17.2 Å². The van der Waals surface area contributed by atoms with E-state index in [4.69, 9.17) is 16.9 Å². The number of carbonyl (C=O) groups excluding carboxylic acids is 1. The van der Waals surface area contributed by atoms with E-state index in [0.717, 1.165) is 0 Å². The number of halogens is 1. The van der Waals surface area contributed by atoms with Crippen LogP contribution in [0.5, 0.6) is 0 Å². The predicted molar refractivity (Wildman–Crippen MR) is 83.3 cm³/mol. The lowest BCUT2D eigenvalue weighted by Gasteiger charge is -2.09. The van der Waals surface area contributed by atoms with Gasteiger partial charge in [-0.05, 0) is 30.7 Å². The van der Waals surface area contributed by atoms with Crippen LogP contribution in [0, 0.1) is 11.3 Å². The van der Waals surface area contributed by atoms with Gasteiger partial charge in [0.05, 0.1) is 17.2 Å². The summed E-state index contributed by atoms with van der Waals surface area (Å²) in [6, 6.07) is 7.75.